The smallest absolute Gasteiger partial charge is 0.416 e. The minimum atomic E-state index is -4.68. The normalized spacial score (nSPS) is 13.0. The number of carbonyl (C=O) groups is 3. The lowest BCUT2D eigenvalue weighted by Gasteiger charge is -2.19. The molecule has 2 atom stereocenters. The molecule has 0 aliphatic rings. The van der Waals surface area contributed by atoms with E-state index >= 15 is 0 Å². The number of rotatable bonds is 10. The van der Waals surface area contributed by atoms with Crippen molar-refractivity contribution in [3.05, 3.63) is 71.3 Å². The molecule has 11 heteroatoms. The number of aliphatic carboxylic acids is 1. The Balaban J connectivity index is 1.83. The highest BCUT2D eigenvalue weighted by molar-refractivity contribution is 5.84. The lowest BCUT2D eigenvalue weighted by Crippen LogP contribution is -2.44. The van der Waals surface area contributed by atoms with Crippen LogP contribution in [0.5, 0.6) is 0 Å². The number of benzene rings is 2. The Labute approximate surface area is 187 Å². The van der Waals surface area contributed by atoms with Crippen LogP contribution in [0.15, 0.2) is 54.6 Å². The van der Waals surface area contributed by atoms with Gasteiger partial charge in [0, 0.05) is 13.0 Å². The van der Waals surface area contributed by atoms with Crippen LogP contribution < -0.4 is 10.6 Å². The number of alkyl halides is 3. The van der Waals surface area contributed by atoms with E-state index in [2.05, 4.69) is 10.6 Å². The maximum absolute atomic E-state index is 13.1. The maximum atomic E-state index is 13.1. The molecule has 0 saturated heterocycles. The van der Waals surface area contributed by atoms with E-state index < -0.39 is 54.7 Å². The van der Waals surface area contributed by atoms with Crippen LogP contribution in [0.4, 0.5) is 18.0 Å². The van der Waals surface area contributed by atoms with Crippen molar-refractivity contribution in [2.45, 2.75) is 37.8 Å². The molecule has 33 heavy (non-hydrogen) atoms. The molecule has 8 nitrogen and oxygen atoms in total. The number of nitrogens with one attached hydrogen (secondary N) is 2. The number of carboxylic acids is 1. The van der Waals surface area contributed by atoms with E-state index in [0.29, 0.717) is 0 Å². The first-order chi connectivity index (χ1) is 15.6. The number of alkyl carbamates (subject to hydrolysis) is 1. The molecule has 178 valence electrons. The number of ether oxygens (including phenoxy) is 1. The lowest BCUT2D eigenvalue weighted by molar-refractivity contribution is -0.143. The topological polar surface area (TPSA) is 125 Å². The third-order valence-corrected chi connectivity index (χ3v) is 4.50. The molecule has 0 aromatic heterocycles. The largest absolute Gasteiger partial charge is 0.480 e. The van der Waals surface area contributed by atoms with Gasteiger partial charge in [-0.1, -0.05) is 48.5 Å². The summed E-state index contributed by atoms with van der Waals surface area (Å²) in [6, 6.07) is 11.7. The summed E-state index contributed by atoms with van der Waals surface area (Å²) in [5.74, 6) is -2.43. The molecule has 0 aliphatic carbocycles. The Morgan fingerprint density at radius 2 is 1.64 bits per heavy atom. The maximum Gasteiger partial charge on any atom is 0.416 e. The van der Waals surface area contributed by atoms with E-state index in [0.717, 1.165) is 17.7 Å². The molecule has 0 bridgehead atoms. The van der Waals surface area contributed by atoms with E-state index in [9.17, 15) is 37.8 Å². The summed E-state index contributed by atoms with van der Waals surface area (Å²) >= 11 is 0. The van der Waals surface area contributed by atoms with Crippen molar-refractivity contribution in [3.8, 4) is 0 Å². The monoisotopic (exact) mass is 468 g/mol. The summed E-state index contributed by atoms with van der Waals surface area (Å²) in [5.41, 5.74) is -0.538. The van der Waals surface area contributed by atoms with Crippen LogP contribution in [0.1, 0.15) is 23.1 Å². The van der Waals surface area contributed by atoms with Gasteiger partial charge in [-0.15, -0.1) is 0 Å². The molecule has 0 radical (unpaired) electrons. The molecule has 0 aliphatic heterocycles. The molecule has 0 fully saturated rings. The number of amides is 2. The molecule has 2 rings (SSSR count). The van der Waals surface area contributed by atoms with Gasteiger partial charge >= 0.3 is 18.2 Å². The van der Waals surface area contributed by atoms with E-state index in [-0.39, 0.29) is 18.7 Å². The summed E-state index contributed by atoms with van der Waals surface area (Å²) in [6.07, 6.45) is -8.06. The SMILES string of the molecule is O=C(C[C@H](O)CNC(=O)OCc1ccccc1)N[C@@H](Cc1ccccc1C(F)(F)F)C(=O)O. The third kappa shape index (κ3) is 8.81. The van der Waals surface area contributed by atoms with E-state index in [1.807, 2.05) is 0 Å². The highest BCUT2D eigenvalue weighted by Crippen LogP contribution is 2.32. The van der Waals surface area contributed by atoms with Gasteiger partial charge in [-0.05, 0) is 17.2 Å². The predicted octanol–water partition coefficient (Wildman–Crippen LogP) is 2.49. The summed E-state index contributed by atoms with van der Waals surface area (Å²) in [5, 5.41) is 23.6. The number of hydrogen-bond acceptors (Lipinski definition) is 5. The molecule has 2 aromatic carbocycles. The predicted molar refractivity (Wildman–Crippen MR) is 110 cm³/mol. The van der Waals surface area contributed by atoms with E-state index in [1.165, 1.54) is 12.1 Å². The summed E-state index contributed by atoms with van der Waals surface area (Å²) in [4.78, 5) is 35.2. The Kier molecular flexibility index (Phi) is 9.22. The Morgan fingerprint density at radius 1 is 1.00 bits per heavy atom. The quantitative estimate of drug-likeness (QED) is 0.425. The molecular weight excluding hydrogens is 445 g/mol. The van der Waals surface area contributed by atoms with Crippen LogP contribution in [0, 0.1) is 0 Å². The van der Waals surface area contributed by atoms with Gasteiger partial charge in [0.2, 0.25) is 5.91 Å². The number of halogens is 3. The van der Waals surface area contributed by atoms with Crippen LogP contribution in [0.2, 0.25) is 0 Å². The molecule has 0 spiro atoms. The first-order valence-electron chi connectivity index (χ1n) is 9.86. The Morgan fingerprint density at radius 3 is 2.27 bits per heavy atom. The summed E-state index contributed by atoms with van der Waals surface area (Å²) in [6.45, 7) is -0.349. The van der Waals surface area contributed by atoms with Gasteiger partial charge in [0.15, 0.2) is 0 Å². The lowest BCUT2D eigenvalue weighted by atomic mass is 9.99. The fourth-order valence-corrected chi connectivity index (χ4v) is 2.91. The number of carbonyl (C=O) groups excluding carboxylic acids is 2. The van der Waals surface area contributed by atoms with Crippen molar-refractivity contribution in [2.24, 2.45) is 0 Å². The van der Waals surface area contributed by atoms with Crippen LogP contribution in [0.25, 0.3) is 0 Å². The number of hydrogen-bond donors (Lipinski definition) is 4. The van der Waals surface area contributed by atoms with Crippen LogP contribution in [-0.4, -0.2) is 46.9 Å². The fraction of sp³-hybridized carbons (Fsp3) is 0.318. The van der Waals surface area contributed by atoms with Crippen molar-refractivity contribution in [2.75, 3.05) is 6.54 Å². The van der Waals surface area contributed by atoms with Crippen molar-refractivity contribution in [3.63, 3.8) is 0 Å². The minimum absolute atomic E-state index is 0.00292. The zero-order chi connectivity index (χ0) is 24.4. The van der Waals surface area contributed by atoms with Crippen molar-refractivity contribution >= 4 is 18.0 Å². The van der Waals surface area contributed by atoms with E-state index in [4.69, 9.17) is 4.74 Å². The second-order valence-electron chi connectivity index (χ2n) is 7.12. The number of aliphatic hydroxyl groups is 1. The Bertz CT molecular complexity index is 953. The van der Waals surface area contributed by atoms with Gasteiger partial charge in [0.25, 0.3) is 0 Å². The van der Waals surface area contributed by atoms with Gasteiger partial charge in [0.1, 0.15) is 12.6 Å². The highest BCUT2D eigenvalue weighted by atomic mass is 19.4. The first kappa shape index (κ1) is 25.7. The highest BCUT2D eigenvalue weighted by Gasteiger charge is 2.34. The second-order valence-corrected chi connectivity index (χ2v) is 7.12. The number of aliphatic hydroxyl groups excluding tert-OH is 1. The second kappa shape index (κ2) is 11.9. The third-order valence-electron chi connectivity index (χ3n) is 4.50. The zero-order valence-corrected chi connectivity index (χ0v) is 17.3. The standard InChI is InChI=1S/C22H23F3N2O6/c23-22(24,25)17-9-5-4-8-15(17)10-18(20(30)31)27-19(29)11-16(28)12-26-21(32)33-13-14-6-2-1-3-7-14/h1-9,16,18,28H,10-13H2,(H,26,32)(H,27,29)(H,30,31)/t16-,18-/m0/s1. The average Bonchev–Trinajstić information content (AvgIpc) is 2.76. The number of carboxylic acid groups (broad SMARTS) is 1. The van der Waals surface area contributed by atoms with Crippen LogP contribution in [-0.2, 0) is 33.5 Å². The average molecular weight is 468 g/mol. The Hall–Kier alpha value is -3.60. The van der Waals surface area contributed by atoms with Crippen LogP contribution >= 0.6 is 0 Å². The molecule has 0 unspecified atom stereocenters. The molecule has 4 N–H and O–H groups in total. The van der Waals surface area contributed by atoms with Gasteiger partial charge in [-0.3, -0.25) is 4.79 Å². The molecule has 2 amide bonds. The molecule has 0 heterocycles. The van der Waals surface area contributed by atoms with Gasteiger partial charge in [-0.25, -0.2) is 9.59 Å². The first-order valence-corrected chi connectivity index (χ1v) is 9.86. The zero-order valence-electron chi connectivity index (χ0n) is 17.3. The van der Waals surface area contributed by atoms with Gasteiger partial charge in [0.05, 0.1) is 18.1 Å². The molecular formula is C22H23F3N2O6. The van der Waals surface area contributed by atoms with Crippen LogP contribution in [0.3, 0.4) is 0 Å². The molecule has 0 saturated carbocycles. The molecule has 2 aromatic rings. The summed E-state index contributed by atoms with van der Waals surface area (Å²) < 4.78 is 44.3. The van der Waals surface area contributed by atoms with Gasteiger partial charge < -0.3 is 25.6 Å². The van der Waals surface area contributed by atoms with Crippen molar-refractivity contribution in [1.82, 2.24) is 10.6 Å². The van der Waals surface area contributed by atoms with Crippen molar-refractivity contribution in [1.29, 1.82) is 0 Å². The van der Waals surface area contributed by atoms with Gasteiger partial charge in [-0.2, -0.15) is 13.2 Å². The van der Waals surface area contributed by atoms with Crippen molar-refractivity contribution < 1.29 is 42.5 Å². The minimum Gasteiger partial charge on any atom is -0.480 e. The fourth-order valence-electron chi connectivity index (χ4n) is 2.91. The van der Waals surface area contributed by atoms with E-state index in [1.54, 1.807) is 30.3 Å². The summed E-state index contributed by atoms with van der Waals surface area (Å²) in [7, 11) is 0.